The van der Waals surface area contributed by atoms with Crippen molar-refractivity contribution >= 4 is 5.57 Å². The molecule has 2 heteroatoms. The van der Waals surface area contributed by atoms with Gasteiger partial charge < -0.3 is 11.5 Å². The lowest BCUT2D eigenvalue weighted by Gasteiger charge is -2.21. The fourth-order valence-corrected chi connectivity index (χ4v) is 2.44. The topological polar surface area (TPSA) is 52.0 Å². The highest BCUT2D eigenvalue weighted by molar-refractivity contribution is 5.90. The zero-order chi connectivity index (χ0) is 12.6. The van der Waals surface area contributed by atoms with Crippen LogP contribution in [0.4, 0.5) is 0 Å². The Labute approximate surface area is 102 Å². The summed E-state index contributed by atoms with van der Waals surface area (Å²) in [5.41, 5.74) is 16.9. The van der Waals surface area contributed by atoms with Crippen LogP contribution in [0.15, 0.2) is 48.6 Å². The maximum absolute atomic E-state index is 6.27. The van der Waals surface area contributed by atoms with E-state index < -0.39 is 5.66 Å². The third-order valence-electron chi connectivity index (χ3n) is 3.22. The maximum Gasteiger partial charge on any atom is 0.117 e. The van der Waals surface area contributed by atoms with Gasteiger partial charge in [0.05, 0.1) is 0 Å². The predicted molar refractivity (Wildman–Crippen MR) is 73.2 cm³/mol. The molecule has 4 N–H and O–H groups in total. The molecule has 1 aromatic carbocycles. The molecule has 0 aromatic heterocycles. The van der Waals surface area contributed by atoms with Crippen LogP contribution in [0.25, 0.3) is 5.57 Å². The van der Waals surface area contributed by atoms with Crippen molar-refractivity contribution in [3.63, 3.8) is 0 Å². The van der Waals surface area contributed by atoms with Gasteiger partial charge in [-0.25, -0.2) is 0 Å². The third-order valence-corrected chi connectivity index (χ3v) is 3.22. The predicted octanol–water partition coefficient (Wildman–Crippen LogP) is 2.59. The highest BCUT2D eigenvalue weighted by atomic mass is 15.0. The molecule has 0 aliphatic heterocycles. The minimum atomic E-state index is -0.898. The Morgan fingerprint density at radius 1 is 1.29 bits per heavy atom. The van der Waals surface area contributed by atoms with Crippen molar-refractivity contribution in [2.75, 3.05) is 0 Å². The lowest BCUT2D eigenvalue weighted by atomic mass is 9.98. The molecule has 0 saturated carbocycles. The van der Waals surface area contributed by atoms with E-state index in [0.717, 1.165) is 22.3 Å². The van der Waals surface area contributed by atoms with Gasteiger partial charge in [-0.1, -0.05) is 48.6 Å². The highest BCUT2D eigenvalue weighted by Gasteiger charge is 2.38. The van der Waals surface area contributed by atoms with Gasteiger partial charge in [-0.15, -0.1) is 0 Å². The molecule has 1 aromatic rings. The normalized spacial score (nSPS) is 21.9. The van der Waals surface area contributed by atoms with Crippen LogP contribution in [0.5, 0.6) is 0 Å². The Bertz CT molecular complexity index is 534. The van der Waals surface area contributed by atoms with Crippen molar-refractivity contribution in [2.45, 2.75) is 19.5 Å². The smallest absolute Gasteiger partial charge is 0.117 e. The zero-order valence-electron chi connectivity index (χ0n) is 10.3. The van der Waals surface area contributed by atoms with E-state index in [1.54, 1.807) is 6.08 Å². The molecule has 1 aliphatic carbocycles. The van der Waals surface area contributed by atoms with Crippen LogP contribution in [0.2, 0.25) is 0 Å². The SMILES string of the molecule is C=C/C=C1\C(=C/C)C(N)(N)c2cc(C)ccc21. The second kappa shape index (κ2) is 3.99. The van der Waals surface area contributed by atoms with Gasteiger partial charge >= 0.3 is 0 Å². The molecule has 2 nitrogen and oxygen atoms in total. The fraction of sp³-hybridized carbons (Fsp3) is 0.200. The first-order chi connectivity index (χ1) is 8.02. The Hall–Kier alpha value is -1.64. The first-order valence-corrected chi connectivity index (χ1v) is 5.71. The maximum atomic E-state index is 6.27. The molecule has 2 rings (SSSR count). The zero-order valence-corrected chi connectivity index (χ0v) is 10.3. The first kappa shape index (κ1) is 11.8. The number of rotatable bonds is 1. The lowest BCUT2D eigenvalue weighted by Crippen LogP contribution is -2.45. The van der Waals surface area contributed by atoms with Crippen LogP contribution in [0.1, 0.15) is 23.6 Å². The van der Waals surface area contributed by atoms with Crippen LogP contribution >= 0.6 is 0 Å². The van der Waals surface area contributed by atoms with Gasteiger partial charge in [-0.2, -0.15) is 0 Å². The van der Waals surface area contributed by atoms with E-state index in [-0.39, 0.29) is 0 Å². The molecule has 0 bridgehead atoms. The van der Waals surface area contributed by atoms with E-state index in [2.05, 4.69) is 24.8 Å². The van der Waals surface area contributed by atoms with Gasteiger partial charge in [0.15, 0.2) is 0 Å². The van der Waals surface area contributed by atoms with Gasteiger partial charge in [0.1, 0.15) is 5.66 Å². The summed E-state index contributed by atoms with van der Waals surface area (Å²) in [4.78, 5) is 0. The summed E-state index contributed by atoms with van der Waals surface area (Å²) in [6, 6.07) is 6.21. The van der Waals surface area contributed by atoms with Gasteiger partial charge in [-0.3, -0.25) is 0 Å². The number of fused-ring (bicyclic) bond motifs is 1. The second-order valence-electron chi connectivity index (χ2n) is 4.44. The van der Waals surface area contributed by atoms with Crippen LogP contribution < -0.4 is 11.5 Å². The van der Waals surface area contributed by atoms with Crippen molar-refractivity contribution in [3.05, 3.63) is 65.3 Å². The molecule has 0 heterocycles. The summed E-state index contributed by atoms with van der Waals surface area (Å²) in [6.45, 7) is 7.75. The quantitative estimate of drug-likeness (QED) is 0.723. The summed E-state index contributed by atoms with van der Waals surface area (Å²) in [5.74, 6) is 0. The Morgan fingerprint density at radius 2 is 2.00 bits per heavy atom. The Kier molecular flexibility index (Phi) is 2.77. The molecule has 0 atom stereocenters. The summed E-state index contributed by atoms with van der Waals surface area (Å²) in [7, 11) is 0. The second-order valence-corrected chi connectivity index (χ2v) is 4.44. The molecule has 0 fully saturated rings. The van der Waals surface area contributed by atoms with Crippen molar-refractivity contribution in [1.29, 1.82) is 0 Å². The summed E-state index contributed by atoms with van der Waals surface area (Å²) in [6.07, 6.45) is 5.71. The molecule has 1 aliphatic rings. The monoisotopic (exact) mass is 226 g/mol. The van der Waals surface area contributed by atoms with E-state index in [1.165, 1.54) is 5.56 Å². The fourth-order valence-electron chi connectivity index (χ4n) is 2.44. The van der Waals surface area contributed by atoms with Crippen LogP contribution in [0.3, 0.4) is 0 Å². The Morgan fingerprint density at radius 3 is 2.59 bits per heavy atom. The first-order valence-electron chi connectivity index (χ1n) is 5.71. The number of aryl methyl sites for hydroxylation is 1. The average Bonchev–Trinajstić information content (AvgIpc) is 2.48. The third kappa shape index (κ3) is 1.66. The number of benzene rings is 1. The van der Waals surface area contributed by atoms with Gasteiger partial charge in [0, 0.05) is 0 Å². The molecule has 0 amide bonds. The lowest BCUT2D eigenvalue weighted by molar-refractivity contribution is 0.583. The van der Waals surface area contributed by atoms with Crippen molar-refractivity contribution in [3.8, 4) is 0 Å². The molecule has 0 spiro atoms. The Balaban J connectivity index is 2.78. The van der Waals surface area contributed by atoms with E-state index in [4.69, 9.17) is 11.5 Å². The minimum Gasteiger partial charge on any atom is -0.306 e. The number of hydrogen-bond acceptors (Lipinski definition) is 2. The van der Waals surface area contributed by atoms with Crippen molar-refractivity contribution in [1.82, 2.24) is 0 Å². The van der Waals surface area contributed by atoms with Crippen molar-refractivity contribution < 1.29 is 0 Å². The number of nitrogens with two attached hydrogens (primary N) is 2. The van der Waals surface area contributed by atoms with E-state index in [0.29, 0.717) is 0 Å². The van der Waals surface area contributed by atoms with Crippen LogP contribution in [-0.4, -0.2) is 0 Å². The molecular formula is C15H18N2. The number of hydrogen-bond donors (Lipinski definition) is 2. The van der Waals surface area contributed by atoms with Crippen LogP contribution in [-0.2, 0) is 5.66 Å². The van der Waals surface area contributed by atoms with E-state index >= 15 is 0 Å². The molecule has 17 heavy (non-hydrogen) atoms. The highest BCUT2D eigenvalue weighted by Crippen LogP contribution is 2.44. The minimum absolute atomic E-state index is 0.898. The molecule has 88 valence electrons. The van der Waals surface area contributed by atoms with Gasteiger partial charge in [0.2, 0.25) is 0 Å². The largest absolute Gasteiger partial charge is 0.306 e. The summed E-state index contributed by atoms with van der Waals surface area (Å²) < 4.78 is 0. The molecule has 0 saturated heterocycles. The van der Waals surface area contributed by atoms with Crippen molar-refractivity contribution in [2.24, 2.45) is 11.5 Å². The van der Waals surface area contributed by atoms with Gasteiger partial charge in [-0.05, 0) is 36.1 Å². The molecular weight excluding hydrogens is 208 g/mol. The molecule has 0 unspecified atom stereocenters. The average molecular weight is 226 g/mol. The van der Waals surface area contributed by atoms with Gasteiger partial charge in [0.25, 0.3) is 0 Å². The summed E-state index contributed by atoms with van der Waals surface area (Å²) >= 11 is 0. The van der Waals surface area contributed by atoms with E-state index in [1.807, 2.05) is 26.0 Å². The van der Waals surface area contributed by atoms with Crippen LogP contribution in [0, 0.1) is 6.92 Å². The summed E-state index contributed by atoms with van der Waals surface area (Å²) in [5, 5.41) is 0. The number of allylic oxidation sites excluding steroid dienone is 3. The van der Waals surface area contributed by atoms with E-state index in [9.17, 15) is 0 Å². The standard InChI is InChI=1S/C15H18N2/c1-4-6-11-12-8-7-10(3)9-14(12)15(16,17)13(11)5-2/h4-9H,1,16-17H2,2-3H3/b11-6-,13-5+. The molecule has 0 radical (unpaired) electrons.